The minimum absolute atomic E-state index is 0.648. The lowest BCUT2D eigenvalue weighted by molar-refractivity contribution is 0.908. The molecule has 1 fully saturated rings. The van der Waals surface area contributed by atoms with E-state index in [2.05, 4.69) is 30.3 Å². The molecule has 0 saturated heterocycles. The Labute approximate surface area is 112 Å². The molecule has 0 radical (unpaired) electrons. The molecular weight excluding hydrogens is 240 g/mol. The highest BCUT2D eigenvalue weighted by atomic mass is 32.1. The standard InChI is InChI=1S/C15H18N2S/c16-10-13-15(12-7-8-12)17-14(18-13)9-6-11-4-2-1-3-5-11/h1-5,12H,6-10,16H2. The van der Waals surface area contributed by atoms with Crippen molar-refractivity contribution in [3.8, 4) is 0 Å². The van der Waals surface area contributed by atoms with Gasteiger partial charge in [0.2, 0.25) is 0 Å². The summed E-state index contributed by atoms with van der Waals surface area (Å²) in [6.07, 6.45) is 4.71. The maximum Gasteiger partial charge on any atom is 0.0935 e. The lowest BCUT2D eigenvalue weighted by Crippen LogP contribution is -1.97. The summed E-state index contributed by atoms with van der Waals surface area (Å²) in [5.74, 6) is 0.713. The second kappa shape index (κ2) is 5.21. The molecule has 0 unspecified atom stereocenters. The molecule has 0 atom stereocenters. The van der Waals surface area contributed by atoms with Crippen molar-refractivity contribution in [2.45, 2.75) is 38.1 Å². The van der Waals surface area contributed by atoms with Crippen LogP contribution in [0, 0.1) is 0 Å². The van der Waals surface area contributed by atoms with Gasteiger partial charge in [0.15, 0.2) is 0 Å². The quantitative estimate of drug-likeness (QED) is 0.894. The predicted molar refractivity (Wildman–Crippen MR) is 75.8 cm³/mol. The first-order chi connectivity index (χ1) is 8.86. The SMILES string of the molecule is NCc1sc(CCc2ccccc2)nc1C1CC1. The molecule has 0 aliphatic heterocycles. The van der Waals surface area contributed by atoms with E-state index < -0.39 is 0 Å². The van der Waals surface area contributed by atoms with Crippen LogP contribution in [0.5, 0.6) is 0 Å². The minimum atomic E-state index is 0.648. The highest BCUT2D eigenvalue weighted by Gasteiger charge is 2.28. The second-order valence-electron chi connectivity index (χ2n) is 4.88. The van der Waals surface area contributed by atoms with Crippen molar-refractivity contribution < 1.29 is 0 Å². The van der Waals surface area contributed by atoms with Crippen LogP contribution in [0.2, 0.25) is 0 Å². The lowest BCUT2D eigenvalue weighted by atomic mass is 10.1. The number of hydrogen-bond acceptors (Lipinski definition) is 3. The smallest absolute Gasteiger partial charge is 0.0935 e. The predicted octanol–water partition coefficient (Wildman–Crippen LogP) is 3.26. The van der Waals surface area contributed by atoms with Crippen LogP contribution in [0.25, 0.3) is 0 Å². The highest BCUT2D eigenvalue weighted by Crippen LogP contribution is 2.42. The van der Waals surface area contributed by atoms with Crippen LogP contribution in [0.1, 0.15) is 39.9 Å². The molecule has 1 aromatic carbocycles. The van der Waals surface area contributed by atoms with Gasteiger partial charge in [-0.1, -0.05) is 30.3 Å². The van der Waals surface area contributed by atoms with Gasteiger partial charge in [0.25, 0.3) is 0 Å². The Morgan fingerprint density at radius 1 is 1.17 bits per heavy atom. The molecule has 2 nitrogen and oxygen atoms in total. The van der Waals surface area contributed by atoms with E-state index in [9.17, 15) is 0 Å². The zero-order chi connectivity index (χ0) is 12.4. The third kappa shape index (κ3) is 2.62. The van der Waals surface area contributed by atoms with E-state index in [0.29, 0.717) is 12.5 Å². The average molecular weight is 258 g/mol. The summed E-state index contributed by atoms with van der Waals surface area (Å²) in [5.41, 5.74) is 8.49. The van der Waals surface area contributed by atoms with Crippen LogP contribution < -0.4 is 5.73 Å². The van der Waals surface area contributed by atoms with E-state index in [4.69, 9.17) is 10.7 Å². The molecule has 0 bridgehead atoms. The largest absolute Gasteiger partial charge is 0.326 e. The lowest BCUT2D eigenvalue weighted by Gasteiger charge is -1.97. The van der Waals surface area contributed by atoms with Crippen LogP contribution in [0.3, 0.4) is 0 Å². The summed E-state index contributed by atoms with van der Waals surface area (Å²) < 4.78 is 0. The average Bonchev–Trinajstić information content (AvgIpc) is 3.18. The Morgan fingerprint density at radius 3 is 2.61 bits per heavy atom. The first-order valence-corrected chi connectivity index (χ1v) is 7.41. The Balaban J connectivity index is 1.69. The van der Waals surface area contributed by atoms with E-state index >= 15 is 0 Å². The van der Waals surface area contributed by atoms with E-state index in [1.54, 1.807) is 0 Å². The third-order valence-corrected chi connectivity index (χ3v) is 4.54. The third-order valence-electron chi connectivity index (χ3n) is 3.39. The van der Waals surface area contributed by atoms with Gasteiger partial charge in [-0.2, -0.15) is 0 Å². The van der Waals surface area contributed by atoms with Gasteiger partial charge >= 0.3 is 0 Å². The normalized spacial score (nSPS) is 14.9. The number of aromatic nitrogens is 1. The maximum atomic E-state index is 5.81. The number of thiazole rings is 1. The molecule has 1 heterocycles. The number of rotatable bonds is 5. The summed E-state index contributed by atoms with van der Waals surface area (Å²) in [4.78, 5) is 6.10. The van der Waals surface area contributed by atoms with Crippen molar-refractivity contribution in [1.82, 2.24) is 4.98 Å². The summed E-state index contributed by atoms with van der Waals surface area (Å²) in [5, 5.41) is 1.25. The molecule has 3 rings (SSSR count). The number of hydrogen-bond donors (Lipinski definition) is 1. The van der Waals surface area contributed by atoms with E-state index in [1.807, 2.05) is 11.3 Å². The van der Waals surface area contributed by atoms with Crippen molar-refractivity contribution in [3.63, 3.8) is 0 Å². The molecule has 0 spiro atoms. The van der Waals surface area contributed by atoms with Crippen LogP contribution in [-0.4, -0.2) is 4.98 Å². The van der Waals surface area contributed by atoms with Crippen molar-refractivity contribution in [3.05, 3.63) is 51.5 Å². The monoisotopic (exact) mass is 258 g/mol. The summed E-state index contributed by atoms with van der Waals surface area (Å²) >= 11 is 1.81. The molecule has 18 heavy (non-hydrogen) atoms. The molecule has 2 N–H and O–H groups in total. The molecule has 0 amide bonds. The fourth-order valence-corrected chi connectivity index (χ4v) is 3.27. The maximum absolute atomic E-state index is 5.81. The highest BCUT2D eigenvalue weighted by molar-refractivity contribution is 7.11. The Morgan fingerprint density at radius 2 is 1.94 bits per heavy atom. The Kier molecular flexibility index (Phi) is 3.43. The van der Waals surface area contributed by atoms with Crippen LogP contribution in [0.15, 0.2) is 30.3 Å². The zero-order valence-electron chi connectivity index (χ0n) is 10.4. The van der Waals surface area contributed by atoms with Crippen molar-refractivity contribution in [1.29, 1.82) is 0 Å². The molecule has 1 saturated carbocycles. The van der Waals surface area contributed by atoms with Crippen molar-refractivity contribution in [2.75, 3.05) is 0 Å². The minimum Gasteiger partial charge on any atom is -0.326 e. The van der Waals surface area contributed by atoms with E-state index in [-0.39, 0.29) is 0 Å². The summed E-state index contributed by atoms with van der Waals surface area (Å²) in [6, 6.07) is 10.6. The first kappa shape index (κ1) is 11.9. The van der Waals surface area contributed by atoms with E-state index in [1.165, 1.54) is 34.0 Å². The molecule has 1 aromatic heterocycles. The molecule has 1 aliphatic carbocycles. The summed E-state index contributed by atoms with van der Waals surface area (Å²) in [7, 11) is 0. The van der Waals surface area contributed by atoms with Gasteiger partial charge in [0.1, 0.15) is 0 Å². The molecule has 3 heteroatoms. The van der Waals surface area contributed by atoms with Gasteiger partial charge in [0.05, 0.1) is 10.7 Å². The molecule has 94 valence electrons. The van der Waals surface area contributed by atoms with Gasteiger partial charge in [-0.15, -0.1) is 11.3 Å². The van der Waals surface area contributed by atoms with Crippen LogP contribution in [0.4, 0.5) is 0 Å². The molecule has 2 aromatic rings. The van der Waals surface area contributed by atoms with Gasteiger partial charge in [-0.25, -0.2) is 4.98 Å². The number of nitrogens with two attached hydrogens (primary N) is 1. The Hall–Kier alpha value is -1.19. The Bertz CT molecular complexity index is 515. The number of benzene rings is 1. The zero-order valence-corrected chi connectivity index (χ0v) is 11.2. The van der Waals surface area contributed by atoms with Gasteiger partial charge < -0.3 is 5.73 Å². The fourth-order valence-electron chi connectivity index (χ4n) is 2.24. The van der Waals surface area contributed by atoms with Gasteiger partial charge in [-0.05, 0) is 24.8 Å². The van der Waals surface area contributed by atoms with Crippen LogP contribution >= 0.6 is 11.3 Å². The number of nitrogens with zero attached hydrogens (tertiary/aromatic N) is 1. The van der Waals surface area contributed by atoms with E-state index in [0.717, 1.165) is 12.8 Å². The van der Waals surface area contributed by atoms with Crippen LogP contribution in [-0.2, 0) is 19.4 Å². The first-order valence-electron chi connectivity index (χ1n) is 6.59. The van der Waals surface area contributed by atoms with Crippen molar-refractivity contribution in [2.24, 2.45) is 5.73 Å². The van der Waals surface area contributed by atoms with Crippen molar-refractivity contribution >= 4 is 11.3 Å². The molecular formula is C15H18N2S. The molecule has 1 aliphatic rings. The summed E-state index contributed by atoms with van der Waals surface area (Å²) in [6.45, 7) is 0.648. The number of aryl methyl sites for hydroxylation is 2. The van der Waals surface area contributed by atoms with Gasteiger partial charge in [-0.3, -0.25) is 0 Å². The topological polar surface area (TPSA) is 38.9 Å². The van der Waals surface area contributed by atoms with Gasteiger partial charge in [0, 0.05) is 23.8 Å². The fraction of sp³-hybridized carbons (Fsp3) is 0.400. The second-order valence-corrected chi connectivity index (χ2v) is 6.05.